The molecule has 1 N–H and O–H groups in total. The second-order valence-electron chi connectivity index (χ2n) is 9.35. The Kier molecular flexibility index (Phi) is 4.75. The zero-order valence-electron chi connectivity index (χ0n) is 17.9. The van der Waals surface area contributed by atoms with Crippen LogP contribution in [0, 0.1) is 0 Å². The number of nitrogens with zero attached hydrogens (tertiary/aromatic N) is 4. The molecule has 0 spiro atoms. The van der Waals surface area contributed by atoms with E-state index in [9.17, 15) is 0 Å². The number of fused-ring (bicyclic) bond motifs is 1. The predicted octanol–water partition coefficient (Wildman–Crippen LogP) is 3.54. The molecular weight excluding hydrogens is 378 g/mol. The Hall–Kier alpha value is -2.51. The Bertz CT molecular complexity index is 1060. The lowest BCUT2D eigenvalue weighted by Crippen LogP contribution is -2.52. The third kappa shape index (κ3) is 3.68. The number of pyridine rings is 2. The Morgan fingerprint density at radius 2 is 2.17 bits per heavy atom. The highest BCUT2D eigenvalue weighted by Crippen LogP contribution is 2.39. The minimum Gasteiger partial charge on any atom is -0.474 e. The summed E-state index contributed by atoms with van der Waals surface area (Å²) < 4.78 is 14.4. The van der Waals surface area contributed by atoms with Crippen LogP contribution in [0.3, 0.4) is 0 Å². The maximum Gasteiger partial charge on any atom is 0.223 e. The molecule has 0 radical (unpaired) electrons. The summed E-state index contributed by atoms with van der Waals surface area (Å²) >= 11 is 0. The molecule has 1 aliphatic heterocycles. The molecule has 3 aromatic rings. The van der Waals surface area contributed by atoms with Gasteiger partial charge in [0.2, 0.25) is 5.88 Å². The summed E-state index contributed by atoms with van der Waals surface area (Å²) in [5, 5.41) is 8.94. The fourth-order valence-corrected chi connectivity index (χ4v) is 4.30. The van der Waals surface area contributed by atoms with Gasteiger partial charge in [-0.05, 0) is 58.2 Å². The maximum absolute atomic E-state index is 6.18. The summed E-state index contributed by atoms with van der Waals surface area (Å²) in [5.74, 6) is 0.588. The second-order valence-corrected chi connectivity index (χ2v) is 9.35. The molecule has 158 valence electrons. The fourth-order valence-electron chi connectivity index (χ4n) is 4.30. The van der Waals surface area contributed by atoms with Crippen molar-refractivity contribution < 1.29 is 9.47 Å². The summed E-state index contributed by atoms with van der Waals surface area (Å²) in [6.45, 7) is 8.48. The first-order chi connectivity index (χ1) is 14.4. The van der Waals surface area contributed by atoms with Crippen molar-refractivity contribution in [1.82, 2.24) is 25.1 Å². The lowest BCUT2D eigenvalue weighted by molar-refractivity contribution is -0.107. The van der Waals surface area contributed by atoms with E-state index in [1.165, 1.54) is 19.3 Å². The molecule has 2 aliphatic rings. The van der Waals surface area contributed by atoms with Crippen LogP contribution in [0.2, 0.25) is 0 Å². The van der Waals surface area contributed by atoms with E-state index in [1.807, 2.05) is 24.4 Å². The lowest BCUT2D eigenvalue weighted by atomic mass is 9.79. The van der Waals surface area contributed by atoms with Crippen LogP contribution in [0.4, 0.5) is 0 Å². The summed E-state index contributed by atoms with van der Waals surface area (Å²) in [7, 11) is 0. The second kappa shape index (κ2) is 7.32. The van der Waals surface area contributed by atoms with Crippen LogP contribution < -0.4 is 10.1 Å². The van der Waals surface area contributed by atoms with Gasteiger partial charge in [-0.2, -0.15) is 5.10 Å². The molecule has 1 saturated carbocycles. The van der Waals surface area contributed by atoms with Gasteiger partial charge in [-0.1, -0.05) is 0 Å². The molecule has 7 nitrogen and oxygen atoms in total. The van der Waals surface area contributed by atoms with Crippen LogP contribution in [0.25, 0.3) is 22.2 Å². The van der Waals surface area contributed by atoms with Gasteiger partial charge in [0.15, 0.2) is 0 Å². The normalized spacial score (nSPS) is 22.6. The quantitative estimate of drug-likeness (QED) is 0.697. The first kappa shape index (κ1) is 19.5. The Labute approximate surface area is 176 Å². The van der Waals surface area contributed by atoms with Crippen molar-refractivity contribution in [1.29, 1.82) is 0 Å². The van der Waals surface area contributed by atoms with Crippen LogP contribution in [-0.4, -0.2) is 51.1 Å². The first-order valence-corrected chi connectivity index (χ1v) is 10.7. The molecular formula is C23H29N5O2. The number of nitrogens with one attached hydrogen (secondary N) is 1. The van der Waals surface area contributed by atoms with E-state index in [0.717, 1.165) is 35.2 Å². The van der Waals surface area contributed by atoms with Crippen LogP contribution in [-0.2, 0) is 10.3 Å². The molecule has 0 aromatic carbocycles. The predicted molar refractivity (Wildman–Crippen MR) is 116 cm³/mol. The minimum atomic E-state index is -0.197. The van der Waals surface area contributed by atoms with Gasteiger partial charge in [-0.25, -0.2) is 4.98 Å². The van der Waals surface area contributed by atoms with Crippen LogP contribution >= 0.6 is 0 Å². The zero-order valence-corrected chi connectivity index (χ0v) is 17.9. The van der Waals surface area contributed by atoms with E-state index >= 15 is 0 Å². The minimum absolute atomic E-state index is 0.0211. The van der Waals surface area contributed by atoms with Crippen LogP contribution in [0.1, 0.15) is 40.0 Å². The third-order valence-electron chi connectivity index (χ3n) is 6.24. The summed E-state index contributed by atoms with van der Waals surface area (Å²) in [6, 6.07) is 5.92. The van der Waals surface area contributed by atoms with Crippen molar-refractivity contribution in [2.24, 2.45) is 0 Å². The van der Waals surface area contributed by atoms with Gasteiger partial charge in [0.1, 0.15) is 12.7 Å². The molecule has 5 rings (SSSR count). The number of hydrogen-bond donors (Lipinski definition) is 1. The van der Waals surface area contributed by atoms with E-state index in [4.69, 9.17) is 14.5 Å². The van der Waals surface area contributed by atoms with E-state index in [2.05, 4.69) is 47.0 Å². The SMILES string of the molecule is CC1(C)CNC[C@@H](COc2nc(-c3cnn(C4(C)CCC4)c3)cc3ncccc23)O1. The van der Waals surface area contributed by atoms with Gasteiger partial charge in [-0.15, -0.1) is 0 Å². The third-order valence-corrected chi connectivity index (χ3v) is 6.24. The maximum atomic E-state index is 6.18. The van der Waals surface area contributed by atoms with Crippen molar-refractivity contribution in [3.63, 3.8) is 0 Å². The smallest absolute Gasteiger partial charge is 0.223 e. The van der Waals surface area contributed by atoms with Gasteiger partial charge in [0, 0.05) is 31.0 Å². The highest BCUT2D eigenvalue weighted by atomic mass is 16.6. The van der Waals surface area contributed by atoms with Crippen LogP contribution in [0.15, 0.2) is 36.8 Å². The largest absolute Gasteiger partial charge is 0.474 e. The number of rotatable bonds is 5. The number of hydrogen-bond acceptors (Lipinski definition) is 6. The Balaban J connectivity index is 1.43. The highest BCUT2D eigenvalue weighted by molar-refractivity contribution is 5.86. The van der Waals surface area contributed by atoms with Crippen molar-refractivity contribution in [2.45, 2.75) is 57.3 Å². The van der Waals surface area contributed by atoms with E-state index in [0.29, 0.717) is 12.5 Å². The van der Waals surface area contributed by atoms with Crippen LogP contribution in [0.5, 0.6) is 5.88 Å². The van der Waals surface area contributed by atoms with E-state index in [-0.39, 0.29) is 17.2 Å². The van der Waals surface area contributed by atoms with Crippen molar-refractivity contribution in [2.75, 3.05) is 19.7 Å². The molecule has 0 unspecified atom stereocenters. The summed E-state index contributed by atoms with van der Waals surface area (Å²) in [6.07, 6.45) is 9.36. The van der Waals surface area contributed by atoms with Gasteiger partial charge in [-0.3, -0.25) is 9.67 Å². The van der Waals surface area contributed by atoms with E-state index < -0.39 is 0 Å². The fraction of sp³-hybridized carbons (Fsp3) is 0.522. The molecule has 1 atom stereocenters. The Morgan fingerprint density at radius 1 is 1.30 bits per heavy atom. The standard InChI is InChI=1S/C23H29N5O2/c1-22(2)15-24-12-17(30-22)14-29-21-18-6-4-9-25-20(18)10-19(27-21)16-11-26-28(13-16)23(3)7-5-8-23/h4,6,9-11,13,17,24H,5,7-8,12,14-15H2,1-3H3/t17-/m0/s1. The summed E-state index contributed by atoms with van der Waals surface area (Å²) in [4.78, 5) is 9.38. The van der Waals surface area contributed by atoms with Crippen molar-refractivity contribution >= 4 is 10.9 Å². The van der Waals surface area contributed by atoms with Gasteiger partial charge in [0.25, 0.3) is 0 Å². The average Bonchev–Trinajstić information content (AvgIpc) is 3.20. The van der Waals surface area contributed by atoms with Gasteiger partial charge in [0.05, 0.1) is 33.9 Å². The number of ether oxygens (including phenoxy) is 2. The molecule has 0 amide bonds. The lowest BCUT2D eigenvalue weighted by Gasteiger charge is -2.38. The molecule has 0 bridgehead atoms. The van der Waals surface area contributed by atoms with Gasteiger partial charge < -0.3 is 14.8 Å². The molecule has 7 heteroatoms. The molecule has 1 saturated heterocycles. The topological polar surface area (TPSA) is 74.1 Å². The van der Waals surface area contributed by atoms with Crippen molar-refractivity contribution in [3.05, 3.63) is 36.8 Å². The molecule has 30 heavy (non-hydrogen) atoms. The van der Waals surface area contributed by atoms with E-state index in [1.54, 1.807) is 6.20 Å². The molecule has 1 aliphatic carbocycles. The number of aromatic nitrogens is 4. The van der Waals surface area contributed by atoms with Crippen molar-refractivity contribution in [3.8, 4) is 17.1 Å². The molecule has 2 fully saturated rings. The Morgan fingerprint density at radius 3 is 2.93 bits per heavy atom. The average molecular weight is 408 g/mol. The molecule has 3 aromatic heterocycles. The monoisotopic (exact) mass is 407 g/mol. The first-order valence-electron chi connectivity index (χ1n) is 10.7. The number of morpholine rings is 1. The zero-order chi connectivity index (χ0) is 20.8. The van der Waals surface area contributed by atoms with Gasteiger partial charge >= 0.3 is 0 Å². The molecule has 4 heterocycles. The highest BCUT2D eigenvalue weighted by Gasteiger charge is 2.34. The summed E-state index contributed by atoms with van der Waals surface area (Å²) in [5.41, 5.74) is 2.61.